The fourth-order valence-corrected chi connectivity index (χ4v) is 7.97. The minimum atomic E-state index is -1.85. The summed E-state index contributed by atoms with van der Waals surface area (Å²) in [6, 6.07) is 4.69. The summed E-state index contributed by atoms with van der Waals surface area (Å²) in [5.74, 6) is 0.628. The Morgan fingerprint density at radius 3 is 1.82 bits per heavy atom. The Hall–Kier alpha value is -0.106. The Morgan fingerprint density at radius 1 is 1.06 bits per heavy atom. The second kappa shape index (κ2) is 6.73. The van der Waals surface area contributed by atoms with E-state index in [4.69, 9.17) is 8.84 Å². The van der Waals surface area contributed by atoms with Gasteiger partial charge in [0.05, 0.1) is 0 Å². The van der Waals surface area contributed by atoms with Crippen molar-refractivity contribution in [2.75, 3.05) is 0 Å². The molecule has 0 atom stereocenters. The predicted molar refractivity (Wildman–Crippen MR) is 69.2 cm³/mol. The maximum absolute atomic E-state index is 6.27. The molecule has 0 saturated heterocycles. The smallest absolute Gasteiger partial charge is 0.605 e. The molecule has 1 heterocycles. The average molecular weight is 246 g/mol. The fraction of sp³-hybridized carbons (Fsp3) is 0.692. The van der Waals surface area contributed by atoms with E-state index in [9.17, 15) is 0 Å². The zero-order valence-electron chi connectivity index (χ0n) is 12.2. The summed E-state index contributed by atoms with van der Waals surface area (Å²) in [5, 5.41) is 0. The Labute approximate surface area is 118 Å². The summed E-state index contributed by atoms with van der Waals surface area (Å²) in [6.45, 7) is 13.6. The molecular formula is C13H23LiO2Si. The SMILES string of the molecule is CC(C)[Si](Oc1c[c-]co1)(C(C)C)C(C)C.[Li+]. The Morgan fingerprint density at radius 2 is 1.53 bits per heavy atom. The molecule has 0 amide bonds. The average Bonchev–Trinajstić information content (AvgIpc) is 2.64. The first-order valence-electron chi connectivity index (χ1n) is 6.04. The Kier molecular flexibility index (Phi) is 6.69. The molecule has 0 aliphatic rings. The number of furan rings is 1. The van der Waals surface area contributed by atoms with E-state index >= 15 is 0 Å². The second-order valence-corrected chi connectivity index (χ2v) is 10.7. The van der Waals surface area contributed by atoms with Crippen molar-refractivity contribution in [3.8, 4) is 5.95 Å². The number of rotatable bonds is 5. The molecule has 0 saturated carbocycles. The molecule has 0 radical (unpaired) electrons. The van der Waals surface area contributed by atoms with Crippen LogP contribution >= 0.6 is 0 Å². The van der Waals surface area contributed by atoms with Crippen molar-refractivity contribution in [1.29, 1.82) is 0 Å². The van der Waals surface area contributed by atoms with Gasteiger partial charge in [0.25, 0.3) is 0 Å². The van der Waals surface area contributed by atoms with Crippen molar-refractivity contribution >= 4 is 8.32 Å². The van der Waals surface area contributed by atoms with Crippen molar-refractivity contribution in [2.45, 2.75) is 58.2 Å². The third-order valence-corrected chi connectivity index (χ3v) is 9.40. The van der Waals surface area contributed by atoms with Crippen LogP contribution in [0, 0.1) is 6.07 Å². The van der Waals surface area contributed by atoms with Crippen LogP contribution in [0.1, 0.15) is 41.5 Å². The molecule has 1 aromatic rings. The van der Waals surface area contributed by atoms with Gasteiger partial charge in [-0.2, -0.15) is 6.07 Å². The quantitative estimate of drug-likeness (QED) is 0.582. The molecule has 0 spiro atoms. The zero-order chi connectivity index (χ0) is 12.3. The van der Waals surface area contributed by atoms with Crippen LogP contribution in [-0.4, -0.2) is 8.32 Å². The molecular weight excluding hydrogens is 223 g/mol. The van der Waals surface area contributed by atoms with E-state index in [-0.39, 0.29) is 18.9 Å². The summed E-state index contributed by atoms with van der Waals surface area (Å²) >= 11 is 0. The molecule has 17 heavy (non-hydrogen) atoms. The van der Waals surface area contributed by atoms with E-state index in [1.54, 1.807) is 12.3 Å². The van der Waals surface area contributed by atoms with Gasteiger partial charge in [-0.3, -0.25) is 0 Å². The third kappa shape index (κ3) is 3.43. The van der Waals surface area contributed by atoms with Crippen LogP contribution < -0.4 is 23.3 Å². The second-order valence-electron chi connectivity index (χ2n) is 5.29. The molecule has 2 nitrogen and oxygen atoms in total. The van der Waals surface area contributed by atoms with Crippen LogP contribution in [0.4, 0.5) is 0 Å². The first-order chi connectivity index (χ1) is 7.41. The normalized spacial score (nSPS) is 12.1. The van der Waals surface area contributed by atoms with E-state index < -0.39 is 8.32 Å². The predicted octanol–water partition coefficient (Wildman–Crippen LogP) is 1.64. The molecule has 0 unspecified atom stereocenters. The van der Waals surface area contributed by atoms with Crippen molar-refractivity contribution in [3.05, 3.63) is 18.4 Å². The molecule has 0 aromatic carbocycles. The van der Waals surface area contributed by atoms with Crippen LogP contribution in [0.5, 0.6) is 5.95 Å². The van der Waals surface area contributed by atoms with Crippen LogP contribution in [0.3, 0.4) is 0 Å². The Balaban J connectivity index is 0.00000256. The van der Waals surface area contributed by atoms with Gasteiger partial charge in [-0.1, -0.05) is 41.5 Å². The molecule has 0 aliphatic carbocycles. The van der Waals surface area contributed by atoms with Gasteiger partial charge in [0.15, 0.2) is 0 Å². The molecule has 0 fully saturated rings. The molecule has 0 N–H and O–H groups in total. The van der Waals surface area contributed by atoms with Crippen LogP contribution in [-0.2, 0) is 0 Å². The van der Waals surface area contributed by atoms with Crippen LogP contribution in [0.25, 0.3) is 0 Å². The van der Waals surface area contributed by atoms with E-state index in [0.717, 1.165) is 0 Å². The van der Waals surface area contributed by atoms with Crippen LogP contribution in [0.15, 0.2) is 16.7 Å². The van der Waals surface area contributed by atoms with Gasteiger partial charge in [-0.15, -0.1) is 0 Å². The minimum absolute atomic E-state index is 0. The monoisotopic (exact) mass is 246 g/mol. The van der Waals surface area contributed by atoms with Crippen molar-refractivity contribution in [1.82, 2.24) is 0 Å². The Bertz CT molecular complexity index is 285. The molecule has 0 bridgehead atoms. The summed E-state index contributed by atoms with van der Waals surface area (Å²) in [6.07, 6.45) is 1.55. The number of hydrogen-bond acceptors (Lipinski definition) is 2. The van der Waals surface area contributed by atoms with E-state index in [1.807, 2.05) is 0 Å². The number of hydrogen-bond donors (Lipinski definition) is 0. The van der Waals surface area contributed by atoms with Crippen molar-refractivity contribution in [3.63, 3.8) is 0 Å². The van der Waals surface area contributed by atoms with Crippen molar-refractivity contribution < 1.29 is 27.7 Å². The van der Waals surface area contributed by atoms with Gasteiger partial charge >= 0.3 is 18.9 Å². The summed E-state index contributed by atoms with van der Waals surface area (Å²) in [5.41, 5.74) is 1.70. The molecule has 4 heteroatoms. The molecule has 1 rings (SSSR count). The van der Waals surface area contributed by atoms with E-state index in [1.165, 1.54) is 0 Å². The van der Waals surface area contributed by atoms with Crippen molar-refractivity contribution in [2.24, 2.45) is 0 Å². The molecule has 0 aliphatic heterocycles. The van der Waals surface area contributed by atoms with E-state index in [2.05, 4.69) is 47.6 Å². The summed E-state index contributed by atoms with van der Waals surface area (Å²) in [7, 11) is -1.85. The first-order valence-corrected chi connectivity index (χ1v) is 8.18. The fourth-order valence-electron chi connectivity index (χ4n) is 2.81. The maximum Gasteiger partial charge on any atom is 1.00 e. The van der Waals surface area contributed by atoms with Gasteiger partial charge < -0.3 is 8.84 Å². The largest absolute Gasteiger partial charge is 1.00 e. The molecule has 1 aromatic heterocycles. The summed E-state index contributed by atoms with van der Waals surface area (Å²) < 4.78 is 11.6. The molecule has 92 valence electrons. The van der Waals surface area contributed by atoms with Gasteiger partial charge in [-0.25, -0.2) is 6.07 Å². The topological polar surface area (TPSA) is 22.4 Å². The summed E-state index contributed by atoms with van der Waals surface area (Å²) in [4.78, 5) is 0. The van der Waals surface area contributed by atoms with Crippen LogP contribution in [0.2, 0.25) is 16.6 Å². The van der Waals surface area contributed by atoms with Gasteiger partial charge in [0, 0.05) is 0 Å². The van der Waals surface area contributed by atoms with Gasteiger partial charge in [-0.05, 0) is 22.9 Å². The van der Waals surface area contributed by atoms with Gasteiger partial charge in [0.2, 0.25) is 8.32 Å². The zero-order valence-corrected chi connectivity index (χ0v) is 13.2. The van der Waals surface area contributed by atoms with Gasteiger partial charge in [0.1, 0.15) is 5.95 Å². The minimum Gasteiger partial charge on any atom is -0.605 e. The third-order valence-electron chi connectivity index (χ3n) is 3.43. The standard InChI is InChI=1S/C13H23O2Si.Li/c1-10(2)16(11(3)4,12(5)6)15-13-8-7-9-14-13;/h8-12H,1-6H3;/q-1;+1. The first kappa shape index (κ1) is 16.9. The maximum atomic E-state index is 6.27. The van der Waals surface area contributed by atoms with E-state index in [0.29, 0.717) is 22.6 Å².